The highest BCUT2D eigenvalue weighted by molar-refractivity contribution is 5.81. The Morgan fingerprint density at radius 3 is 3.00 bits per heavy atom. The van der Waals surface area contributed by atoms with Gasteiger partial charge in [-0.3, -0.25) is 9.67 Å². The van der Waals surface area contributed by atoms with Crippen LogP contribution in [-0.2, 0) is 6.54 Å². The summed E-state index contributed by atoms with van der Waals surface area (Å²) < 4.78 is 2.14. The lowest BCUT2D eigenvalue weighted by Gasteiger charge is -2.09. The molecule has 1 saturated carbocycles. The molecule has 1 aromatic rings. The second kappa shape index (κ2) is 5.00. The number of nitrogens with one attached hydrogen (secondary N) is 2. The third kappa shape index (κ3) is 2.49. The van der Waals surface area contributed by atoms with Crippen molar-refractivity contribution in [3.63, 3.8) is 0 Å². The monoisotopic (exact) mass is 247 g/mol. The minimum Gasteiger partial charge on any atom is -0.352 e. The zero-order valence-corrected chi connectivity index (χ0v) is 10.9. The predicted molar refractivity (Wildman–Crippen MR) is 71.5 cm³/mol. The molecule has 1 fully saturated rings. The van der Waals surface area contributed by atoms with E-state index in [0.29, 0.717) is 12.1 Å². The summed E-state index contributed by atoms with van der Waals surface area (Å²) in [5, 5.41) is 11.2. The van der Waals surface area contributed by atoms with Crippen LogP contribution in [-0.4, -0.2) is 28.3 Å². The number of hydrogen-bond donors (Lipinski definition) is 2. The first-order valence-corrected chi connectivity index (χ1v) is 6.90. The molecule has 0 aromatic carbocycles. The minimum absolute atomic E-state index is 0.448. The van der Waals surface area contributed by atoms with E-state index in [2.05, 4.69) is 44.6 Å². The Labute approximate surface area is 108 Å². The van der Waals surface area contributed by atoms with E-state index in [4.69, 9.17) is 0 Å². The molecular formula is C13H21N5. The van der Waals surface area contributed by atoms with Crippen LogP contribution in [0, 0.1) is 0 Å². The van der Waals surface area contributed by atoms with Crippen LogP contribution in [0.4, 0.5) is 0 Å². The van der Waals surface area contributed by atoms with E-state index >= 15 is 0 Å². The van der Waals surface area contributed by atoms with Crippen molar-refractivity contribution in [3.8, 4) is 0 Å². The van der Waals surface area contributed by atoms with Crippen molar-refractivity contribution in [2.45, 2.75) is 51.2 Å². The fraction of sp³-hybridized carbons (Fsp3) is 0.692. The van der Waals surface area contributed by atoms with Gasteiger partial charge in [-0.15, -0.1) is 0 Å². The number of hydrogen-bond acceptors (Lipinski definition) is 4. The van der Waals surface area contributed by atoms with Crippen LogP contribution in [0.15, 0.2) is 17.3 Å². The maximum atomic E-state index is 4.64. The highest BCUT2D eigenvalue weighted by atomic mass is 15.3. The molecule has 98 valence electrons. The number of aliphatic imine (C=N–C) groups is 1. The summed E-state index contributed by atoms with van der Waals surface area (Å²) in [6, 6.07) is 3.17. The average Bonchev–Trinajstić information content (AvgIpc) is 3.07. The molecule has 2 aliphatic rings. The molecule has 2 heterocycles. The molecule has 18 heavy (non-hydrogen) atoms. The van der Waals surface area contributed by atoms with Crippen LogP contribution in [0.2, 0.25) is 0 Å². The van der Waals surface area contributed by atoms with Crippen molar-refractivity contribution < 1.29 is 0 Å². The summed E-state index contributed by atoms with van der Waals surface area (Å²) in [5.74, 6) is 0.901. The molecule has 0 radical (unpaired) electrons. The quantitative estimate of drug-likeness (QED) is 0.849. The van der Waals surface area contributed by atoms with Gasteiger partial charge in [-0.1, -0.05) is 12.8 Å². The minimum atomic E-state index is 0.448. The molecular weight excluding hydrogens is 226 g/mol. The van der Waals surface area contributed by atoms with Crippen LogP contribution in [0.25, 0.3) is 0 Å². The van der Waals surface area contributed by atoms with Gasteiger partial charge in [0, 0.05) is 12.2 Å². The van der Waals surface area contributed by atoms with Gasteiger partial charge in [-0.05, 0) is 25.8 Å². The first kappa shape index (κ1) is 11.6. The first-order chi connectivity index (χ1) is 8.81. The molecule has 0 amide bonds. The van der Waals surface area contributed by atoms with Gasteiger partial charge < -0.3 is 10.6 Å². The number of rotatable bonds is 3. The second-order valence-corrected chi connectivity index (χ2v) is 5.31. The van der Waals surface area contributed by atoms with E-state index < -0.39 is 0 Å². The second-order valence-electron chi connectivity index (χ2n) is 5.31. The van der Waals surface area contributed by atoms with Crippen molar-refractivity contribution in [1.29, 1.82) is 0 Å². The summed E-state index contributed by atoms with van der Waals surface area (Å²) in [6.45, 7) is 3.74. The summed E-state index contributed by atoms with van der Waals surface area (Å²) in [4.78, 5) is 4.38. The van der Waals surface area contributed by atoms with Gasteiger partial charge in [0.05, 0.1) is 24.8 Å². The van der Waals surface area contributed by atoms with Gasteiger partial charge in [0.1, 0.15) is 0 Å². The zero-order valence-electron chi connectivity index (χ0n) is 10.9. The summed E-state index contributed by atoms with van der Waals surface area (Å²) in [6.07, 6.45) is 7.35. The molecule has 1 aliphatic carbocycles. The van der Waals surface area contributed by atoms with Crippen LogP contribution in [0.3, 0.4) is 0 Å². The maximum Gasteiger partial charge on any atom is 0.191 e. The average molecular weight is 247 g/mol. The standard InChI is InChI=1S/C13H21N5/c1-10-8-14-13(16-10)15-9-11-6-7-18(17-11)12-4-2-3-5-12/h6-7,10,12H,2-5,8-9H2,1H3,(H2,14,15,16). The van der Waals surface area contributed by atoms with Crippen LogP contribution < -0.4 is 10.6 Å². The molecule has 1 aliphatic heterocycles. The number of aromatic nitrogens is 2. The van der Waals surface area contributed by atoms with Crippen molar-refractivity contribution in [3.05, 3.63) is 18.0 Å². The van der Waals surface area contributed by atoms with E-state index in [1.165, 1.54) is 25.7 Å². The Morgan fingerprint density at radius 1 is 1.44 bits per heavy atom. The van der Waals surface area contributed by atoms with E-state index in [0.717, 1.165) is 24.7 Å². The Balaban J connectivity index is 1.54. The Kier molecular flexibility index (Phi) is 3.21. The molecule has 3 rings (SSSR count). The van der Waals surface area contributed by atoms with Crippen molar-refractivity contribution in [1.82, 2.24) is 20.4 Å². The van der Waals surface area contributed by atoms with Gasteiger partial charge in [-0.25, -0.2) is 0 Å². The van der Waals surface area contributed by atoms with Crippen molar-refractivity contribution in [2.75, 3.05) is 6.54 Å². The molecule has 5 nitrogen and oxygen atoms in total. The van der Waals surface area contributed by atoms with E-state index in [1.54, 1.807) is 0 Å². The lowest BCUT2D eigenvalue weighted by molar-refractivity contribution is 0.462. The fourth-order valence-corrected chi connectivity index (χ4v) is 2.68. The topological polar surface area (TPSA) is 54.2 Å². The van der Waals surface area contributed by atoms with Gasteiger partial charge in [0.25, 0.3) is 0 Å². The number of guanidine groups is 1. The van der Waals surface area contributed by atoms with Gasteiger partial charge in [-0.2, -0.15) is 5.10 Å². The van der Waals surface area contributed by atoms with Crippen LogP contribution in [0.5, 0.6) is 0 Å². The lowest BCUT2D eigenvalue weighted by Crippen LogP contribution is -2.37. The summed E-state index contributed by atoms with van der Waals surface area (Å²) >= 11 is 0. The summed E-state index contributed by atoms with van der Waals surface area (Å²) in [7, 11) is 0. The zero-order chi connectivity index (χ0) is 12.4. The SMILES string of the molecule is CC1CN=C(NCc2ccn(C3CCCC3)n2)N1. The molecule has 1 atom stereocenters. The van der Waals surface area contributed by atoms with Crippen LogP contribution >= 0.6 is 0 Å². The normalized spacial score (nSPS) is 24.1. The van der Waals surface area contributed by atoms with E-state index in [9.17, 15) is 0 Å². The molecule has 2 N–H and O–H groups in total. The Morgan fingerprint density at radius 2 is 2.28 bits per heavy atom. The highest BCUT2D eigenvalue weighted by Crippen LogP contribution is 2.28. The van der Waals surface area contributed by atoms with Crippen LogP contribution in [0.1, 0.15) is 44.3 Å². The number of nitrogens with zero attached hydrogens (tertiary/aromatic N) is 3. The smallest absolute Gasteiger partial charge is 0.191 e. The third-order valence-corrected chi connectivity index (χ3v) is 3.71. The fourth-order valence-electron chi connectivity index (χ4n) is 2.68. The first-order valence-electron chi connectivity index (χ1n) is 6.90. The molecule has 5 heteroatoms. The molecule has 0 spiro atoms. The van der Waals surface area contributed by atoms with Gasteiger partial charge in [0.2, 0.25) is 0 Å². The molecule has 0 bridgehead atoms. The third-order valence-electron chi connectivity index (χ3n) is 3.71. The Hall–Kier alpha value is -1.52. The highest BCUT2D eigenvalue weighted by Gasteiger charge is 2.17. The summed E-state index contributed by atoms with van der Waals surface area (Å²) in [5.41, 5.74) is 1.09. The van der Waals surface area contributed by atoms with Crippen molar-refractivity contribution in [2.24, 2.45) is 4.99 Å². The van der Waals surface area contributed by atoms with Gasteiger partial charge >= 0.3 is 0 Å². The molecule has 1 aromatic heterocycles. The largest absolute Gasteiger partial charge is 0.352 e. The molecule has 1 unspecified atom stereocenters. The predicted octanol–water partition coefficient (Wildman–Crippen LogP) is 1.44. The van der Waals surface area contributed by atoms with E-state index in [-0.39, 0.29) is 0 Å². The van der Waals surface area contributed by atoms with E-state index in [1.807, 2.05) is 0 Å². The Bertz CT molecular complexity index is 430. The maximum absolute atomic E-state index is 4.64. The van der Waals surface area contributed by atoms with Crippen molar-refractivity contribution >= 4 is 5.96 Å². The lowest BCUT2D eigenvalue weighted by atomic mass is 10.3. The molecule has 0 saturated heterocycles. The van der Waals surface area contributed by atoms with Gasteiger partial charge in [0.15, 0.2) is 5.96 Å².